The van der Waals surface area contributed by atoms with Crippen LogP contribution in [0.4, 0.5) is 10.5 Å². The number of nitrogens with zero attached hydrogens (tertiary/aromatic N) is 2. The summed E-state index contributed by atoms with van der Waals surface area (Å²) in [7, 11) is 0. The lowest BCUT2D eigenvalue weighted by Crippen LogP contribution is -2.50. The van der Waals surface area contributed by atoms with Crippen LogP contribution in [0.15, 0.2) is 66.9 Å². The minimum absolute atomic E-state index is 0.0844. The van der Waals surface area contributed by atoms with Crippen LogP contribution in [0, 0.1) is 0 Å². The zero-order valence-corrected chi connectivity index (χ0v) is 21.1. The molecular weight excluding hydrogens is 474 g/mol. The van der Waals surface area contributed by atoms with Gasteiger partial charge in [-0.1, -0.05) is 18.2 Å². The van der Waals surface area contributed by atoms with E-state index in [-0.39, 0.29) is 17.5 Å². The maximum absolute atomic E-state index is 13.1. The fourth-order valence-electron chi connectivity index (χ4n) is 3.95. The Morgan fingerprint density at radius 3 is 2.24 bits per heavy atom. The molecule has 9 heteroatoms. The highest BCUT2D eigenvalue weighted by atomic mass is 16.6. The third-order valence-corrected chi connectivity index (χ3v) is 5.59. The molecule has 1 atom stereocenters. The van der Waals surface area contributed by atoms with Gasteiger partial charge in [0.2, 0.25) is 5.88 Å². The SMILES string of the molecule is CC(C)(C)OC(=O)N(c1cnc(Oc2ccc(Oc3ccccc3)cc2)c(C(=O)O)c1)C1CCCNC1. The van der Waals surface area contributed by atoms with Crippen LogP contribution in [-0.2, 0) is 4.74 Å². The molecule has 1 unspecified atom stereocenters. The minimum Gasteiger partial charge on any atom is -0.477 e. The second-order valence-corrected chi connectivity index (χ2v) is 9.69. The number of para-hydroxylation sites is 1. The number of aromatic nitrogens is 1. The number of pyridine rings is 1. The molecule has 9 nitrogen and oxygen atoms in total. The van der Waals surface area contributed by atoms with Crippen molar-refractivity contribution in [3.8, 4) is 23.1 Å². The van der Waals surface area contributed by atoms with Crippen molar-refractivity contribution in [2.75, 3.05) is 18.0 Å². The average molecular weight is 506 g/mol. The van der Waals surface area contributed by atoms with Crippen LogP contribution in [0.25, 0.3) is 0 Å². The number of aromatic carboxylic acids is 1. The number of nitrogens with one attached hydrogen (secondary N) is 1. The topological polar surface area (TPSA) is 110 Å². The number of anilines is 1. The van der Waals surface area contributed by atoms with Crippen LogP contribution in [0.2, 0.25) is 0 Å². The highest BCUT2D eigenvalue weighted by molar-refractivity contribution is 5.94. The molecule has 1 aliphatic heterocycles. The number of amides is 1. The van der Waals surface area contributed by atoms with Gasteiger partial charge in [-0.15, -0.1) is 0 Å². The Labute approximate surface area is 216 Å². The quantitative estimate of drug-likeness (QED) is 0.411. The predicted octanol–water partition coefficient (Wildman–Crippen LogP) is 5.86. The fraction of sp³-hybridized carbons (Fsp3) is 0.321. The van der Waals surface area contributed by atoms with E-state index in [0.717, 1.165) is 19.4 Å². The number of carboxylic acids is 1. The molecule has 0 spiro atoms. The van der Waals surface area contributed by atoms with Crippen LogP contribution >= 0.6 is 0 Å². The van der Waals surface area contributed by atoms with Gasteiger partial charge in [0.25, 0.3) is 0 Å². The molecule has 2 heterocycles. The van der Waals surface area contributed by atoms with Gasteiger partial charge in [-0.2, -0.15) is 0 Å². The number of rotatable bonds is 7. The van der Waals surface area contributed by atoms with Crippen LogP contribution in [0.5, 0.6) is 23.1 Å². The van der Waals surface area contributed by atoms with Gasteiger partial charge in [0, 0.05) is 6.54 Å². The van der Waals surface area contributed by atoms with Gasteiger partial charge in [-0.05, 0) is 82.6 Å². The largest absolute Gasteiger partial charge is 0.477 e. The Hall–Kier alpha value is -4.11. The summed E-state index contributed by atoms with van der Waals surface area (Å²) in [6.45, 7) is 6.79. The van der Waals surface area contributed by atoms with Gasteiger partial charge in [0.15, 0.2) is 0 Å². The summed E-state index contributed by atoms with van der Waals surface area (Å²) in [5.74, 6) is 0.389. The smallest absolute Gasteiger partial charge is 0.415 e. The van der Waals surface area contributed by atoms with Crippen molar-refractivity contribution < 1.29 is 28.9 Å². The summed E-state index contributed by atoms with van der Waals surface area (Å²) in [6.07, 6.45) is 2.52. The number of hydrogen-bond donors (Lipinski definition) is 2. The summed E-state index contributed by atoms with van der Waals surface area (Å²) in [6, 6.07) is 17.3. The Bertz CT molecular complexity index is 1220. The molecule has 0 aliphatic carbocycles. The normalized spacial score (nSPS) is 15.5. The molecule has 1 amide bonds. The third-order valence-electron chi connectivity index (χ3n) is 5.59. The lowest BCUT2D eigenvalue weighted by atomic mass is 10.1. The molecule has 194 valence electrons. The van der Waals surface area contributed by atoms with E-state index in [0.29, 0.717) is 29.5 Å². The summed E-state index contributed by atoms with van der Waals surface area (Å²) in [5.41, 5.74) is -0.543. The Morgan fingerprint density at radius 2 is 1.65 bits per heavy atom. The van der Waals surface area contributed by atoms with E-state index in [2.05, 4.69) is 10.3 Å². The number of carboxylic acid groups (broad SMARTS) is 1. The molecule has 3 aromatic rings. The number of carbonyl (C=O) groups excluding carboxylic acids is 1. The zero-order valence-electron chi connectivity index (χ0n) is 21.1. The Balaban J connectivity index is 1.57. The molecule has 1 fully saturated rings. The third kappa shape index (κ3) is 6.98. The molecule has 4 rings (SSSR count). The van der Waals surface area contributed by atoms with Crippen molar-refractivity contribution in [1.82, 2.24) is 10.3 Å². The van der Waals surface area contributed by atoms with Gasteiger partial charge in [0.1, 0.15) is 28.4 Å². The van der Waals surface area contributed by atoms with Crippen LogP contribution in [-0.4, -0.2) is 46.9 Å². The molecule has 1 saturated heterocycles. The van der Waals surface area contributed by atoms with Gasteiger partial charge < -0.3 is 24.6 Å². The van der Waals surface area contributed by atoms with Crippen molar-refractivity contribution >= 4 is 17.7 Å². The highest BCUT2D eigenvalue weighted by Crippen LogP contribution is 2.31. The van der Waals surface area contributed by atoms with Gasteiger partial charge in [0.05, 0.1) is 17.9 Å². The van der Waals surface area contributed by atoms with Crippen molar-refractivity contribution in [2.45, 2.75) is 45.3 Å². The molecule has 1 aliphatic rings. The van der Waals surface area contributed by atoms with Crippen LogP contribution in [0.1, 0.15) is 44.0 Å². The van der Waals surface area contributed by atoms with Crippen LogP contribution < -0.4 is 19.7 Å². The second kappa shape index (κ2) is 11.3. The van der Waals surface area contributed by atoms with E-state index in [9.17, 15) is 14.7 Å². The molecule has 37 heavy (non-hydrogen) atoms. The van der Waals surface area contributed by atoms with E-state index in [1.165, 1.54) is 17.2 Å². The first-order valence-corrected chi connectivity index (χ1v) is 12.2. The molecule has 0 bridgehead atoms. The predicted molar refractivity (Wildman–Crippen MR) is 139 cm³/mol. The van der Waals surface area contributed by atoms with Crippen molar-refractivity contribution in [3.05, 3.63) is 72.4 Å². The summed E-state index contributed by atoms with van der Waals surface area (Å²) >= 11 is 0. The lowest BCUT2D eigenvalue weighted by molar-refractivity contribution is 0.0558. The zero-order chi connectivity index (χ0) is 26.4. The van der Waals surface area contributed by atoms with Crippen LogP contribution in [0.3, 0.4) is 0 Å². The molecule has 0 saturated carbocycles. The van der Waals surface area contributed by atoms with Crippen molar-refractivity contribution in [2.24, 2.45) is 0 Å². The monoisotopic (exact) mass is 505 g/mol. The molecule has 1 aromatic heterocycles. The lowest BCUT2D eigenvalue weighted by Gasteiger charge is -2.35. The molecular formula is C28H31N3O6. The standard InChI is InChI=1S/C28H31N3O6/c1-28(2,3)37-27(34)31(19-8-7-15-29-17-19)20-16-24(26(32)33)25(30-18-20)36-23-13-11-22(12-14-23)35-21-9-5-4-6-10-21/h4-6,9-14,16,18-19,29H,7-8,15,17H2,1-3H3,(H,32,33). The first-order valence-electron chi connectivity index (χ1n) is 12.2. The number of hydrogen-bond acceptors (Lipinski definition) is 7. The highest BCUT2D eigenvalue weighted by Gasteiger charge is 2.32. The average Bonchev–Trinajstić information content (AvgIpc) is 2.86. The maximum Gasteiger partial charge on any atom is 0.415 e. The molecule has 2 aromatic carbocycles. The van der Waals surface area contributed by atoms with E-state index in [1.807, 2.05) is 30.3 Å². The van der Waals surface area contributed by atoms with Gasteiger partial charge in [-0.3, -0.25) is 4.90 Å². The van der Waals surface area contributed by atoms with E-state index >= 15 is 0 Å². The van der Waals surface area contributed by atoms with Gasteiger partial charge in [-0.25, -0.2) is 14.6 Å². The molecule has 2 N–H and O–H groups in total. The van der Waals surface area contributed by atoms with E-state index < -0.39 is 17.7 Å². The number of carbonyl (C=O) groups is 2. The van der Waals surface area contributed by atoms with Crippen molar-refractivity contribution in [1.29, 1.82) is 0 Å². The van der Waals surface area contributed by atoms with Crippen molar-refractivity contribution in [3.63, 3.8) is 0 Å². The summed E-state index contributed by atoms with van der Waals surface area (Å²) < 4.78 is 17.2. The van der Waals surface area contributed by atoms with E-state index in [1.54, 1.807) is 45.0 Å². The van der Waals surface area contributed by atoms with Gasteiger partial charge >= 0.3 is 12.1 Å². The molecule has 0 radical (unpaired) electrons. The number of ether oxygens (including phenoxy) is 3. The first-order chi connectivity index (χ1) is 17.7. The Kier molecular flexibility index (Phi) is 7.93. The Morgan fingerprint density at radius 1 is 1.00 bits per heavy atom. The summed E-state index contributed by atoms with van der Waals surface area (Å²) in [4.78, 5) is 31.0. The first kappa shape index (κ1) is 26.0. The number of benzene rings is 2. The maximum atomic E-state index is 13.1. The summed E-state index contributed by atoms with van der Waals surface area (Å²) in [5, 5.41) is 13.2. The second-order valence-electron chi connectivity index (χ2n) is 9.69. The van der Waals surface area contributed by atoms with E-state index in [4.69, 9.17) is 14.2 Å². The minimum atomic E-state index is -1.22. The fourth-order valence-corrected chi connectivity index (χ4v) is 3.95. The number of piperidine rings is 1.